The minimum Gasteiger partial charge on any atom is -0.208 e. The van der Waals surface area contributed by atoms with Gasteiger partial charge in [-0.25, -0.2) is 25.6 Å². The van der Waals surface area contributed by atoms with Gasteiger partial charge >= 0.3 is 0 Å². The Labute approximate surface area is 168 Å². The van der Waals surface area contributed by atoms with Gasteiger partial charge in [0.15, 0.2) is 0 Å². The normalized spacial score (nSPS) is 13.5. The van der Waals surface area contributed by atoms with Crippen molar-refractivity contribution in [2.45, 2.75) is 22.3 Å². The van der Waals surface area contributed by atoms with Crippen LogP contribution in [0.5, 0.6) is 0 Å². The summed E-state index contributed by atoms with van der Waals surface area (Å²) in [5.74, 6) is 0. The van der Waals surface area contributed by atoms with E-state index in [1.54, 1.807) is 6.07 Å². The van der Waals surface area contributed by atoms with E-state index in [0.29, 0.717) is 0 Å². The van der Waals surface area contributed by atoms with Crippen LogP contribution in [0, 0.1) is 0 Å². The van der Waals surface area contributed by atoms with E-state index < -0.39 is 42.3 Å². The van der Waals surface area contributed by atoms with Gasteiger partial charge in [0.05, 0.1) is 9.79 Å². The lowest BCUT2D eigenvalue weighted by Crippen LogP contribution is -2.42. The van der Waals surface area contributed by atoms with Gasteiger partial charge in [0.2, 0.25) is 0 Å². The maximum atomic E-state index is 14.2. The van der Waals surface area contributed by atoms with Crippen molar-refractivity contribution >= 4 is 20.0 Å². The molecule has 9 heteroatoms. The molecule has 0 saturated heterocycles. The fraction of sp³-hybridized carbons (Fsp3) is 0.100. The Morgan fingerprint density at radius 3 is 1.28 bits per heavy atom. The first-order chi connectivity index (χ1) is 13.8. The first-order valence-corrected chi connectivity index (χ1v) is 11.4. The number of nitrogens with zero attached hydrogens (tertiary/aromatic N) is 1. The highest BCUT2D eigenvalue weighted by molar-refractivity contribution is 8.04. The van der Waals surface area contributed by atoms with E-state index in [4.69, 9.17) is 0 Å². The molecule has 0 amide bonds. The lowest BCUT2D eigenvalue weighted by Gasteiger charge is -2.30. The summed E-state index contributed by atoms with van der Waals surface area (Å²) >= 11 is 0. The zero-order valence-corrected chi connectivity index (χ0v) is 16.6. The molecule has 0 aliphatic heterocycles. The molecule has 0 aliphatic rings. The topological polar surface area (TPSA) is 71.5 Å². The lowest BCUT2D eigenvalue weighted by molar-refractivity contribution is 0.0848. The quantitative estimate of drug-likeness (QED) is 0.559. The molecule has 0 aromatic heterocycles. The predicted octanol–water partition coefficient (Wildman–Crippen LogP) is 4.07. The number of sulfonamides is 2. The van der Waals surface area contributed by atoms with Crippen LogP contribution in [0.15, 0.2) is 101 Å². The van der Waals surface area contributed by atoms with Crippen molar-refractivity contribution in [3.05, 3.63) is 96.6 Å². The van der Waals surface area contributed by atoms with E-state index >= 15 is 0 Å². The molecule has 3 rings (SSSR count). The minimum absolute atomic E-state index is 0.0787. The Bertz CT molecular complexity index is 1090. The smallest absolute Gasteiger partial charge is 0.208 e. The molecule has 1 atom stereocenters. The van der Waals surface area contributed by atoms with E-state index in [9.17, 15) is 25.6 Å². The molecule has 0 radical (unpaired) electrons. The van der Waals surface area contributed by atoms with E-state index in [0.717, 1.165) is 24.3 Å². The predicted molar refractivity (Wildman–Crippen MR) is 104 cm³/mol. The number of alkyl halides is 2. The molecule has 0 bridgehead atoms. The molecule has 0 aliphatic carbocycles. The average Bonchev–Trinajstić information content (AvgIpc) is 2.73. The summed E-state index contributed by atoms with van der Waals surface area (Å²) in [6.45, 7) is 0. The second-order valence-corrected chi connectivity index (χ2v) is 9.91. The molecule has 0 fully saturated rings. The molecule has 3 aromatic carbocycles. The van der Waals surface area contributed by atoms with Crippen LogP contribution < -0.4 is 0 Å². The van der Waals surface area contributed by atoms with E-state index in [2.05, 4.69) is 0 Å². The van der Waals surface area contributed by atoms with Crippen LogP contribution in [-0.2, 0) is 20.0 Å². The van der Waals surface area contributed by atoms with Crippen LogP contribution in [0.4, 0.5) is 8.78 Å². The first-order valence-electron chi connectivity index (χ1n) is 8.49. The molecule has 0 spiro atoms. The van der Waals surface area contributed by atoms with Gasteiger partial charge in [0.25, 0.3) is 26.5 Å². The highest BCUT2D eigenvalue weighted by Crippen LogP contribution is 2.37. The third-order valence-corrected chi connectivity index (χ3v) is 8.48. The highest BCUT2D eigenvalue weighted by atomic mass is 32.3. The second-order valence-electron chi connectivity index (χ2n) is 6.05. The summed E-state index contributed by atoms with van der Waals surface area (Å²) in [6.07, 6.45) is -3.30. The largest absolute Gasteiger partial charge is 0.260 e. The van der Waals surface area contributed by atoms with Gasteiger partial charge in [-0.2, -0.15) is 0 Å². The molecule has 0 saturated carbocycles. The fourth-order valence-corrected chi connectivity index (χ4v) is 6.82. The summed E-state index contributed by atoms with van der Waals surface area (Å²) in [6, 6.07) is 18.0. The summed E-state index contributed by atoms with van der Waals surface area (Å²) in [4.78, 5) is -0.804. The van der Waals surface area contributed by atoms with Gasteiger partial charge in [0.1, 0.15) is 6.04 Å². The van der Waals surface area contributed by atoms with Crippen LogP contribution in [0.2, 0.25) is 0 Å². The third-order valence-electron chi connectivity index (χ3n) is 4.16. The minimum atomic E-state index is -4.83. The molecule has 0 heterocycles. The van der Waals surface area contributed by atoms with Gasteiger partial charge in [-0.1, -0.05) is 70.4 Å². The summed E-state index contributed by atoms with van der Waals surface area (Å²) in [7, 11) is -9.67. The Morgan fingerprint density at radius 2 is 0.931 bits per heavy atom. The van der Waals surface area contributed by atoms with Gasteiger partial charge in [-0.3, -0.25) is 0 Å². The zero-order chi connectivity index (χ0) is 21.1. The van der Waals surface area contributed by atoms with Crippen LogP contribution in [0.25, 0.3) is 0 Å². The average molecular weight is 437 g/mol. The van der Waals surface area contributed by atoms with Crippen molar-refractivity contribution in [3.63, 3.8) is 0 Å². The molecule has 3 aromatic rings. The Kier molecular flexibility index (Phi) is 6.11. The van der Waals surface area contributed by atoms with Crippen molar-refractivity contribution in [1.82, 2.24) is 3.71 Å². The van der Waals surface area contributed by atoms with Crippen molar-refractivity contribution < 1.29 is 25.6 Å². The standard InChI is InChI=1S/C20H17F2NO4S2/c21-20(22)19(16-10-4-1-5-11-16)23(28(24,25)17-12-6-2-7-13-17)29(26,27)18-14-8-3-9-15-18/h1-15,19-20H. The Morgan fingerprint density at radius 1 is 0.586 bits per heavy atom. The van der Waals surface area contributed by atoms with Crippen molar-refractivity contribution in [2.75, 3.05) is 0 Å². The van der Waals surface area contributed by atoms with E-state index in [1.807, 2.05) is 0 Å². The monoisotopic (exact) mass is 437 g/mol. The molecule has 0 N–H and O–H groups in total. The lowest BCUT2D eigenvalue weighted by atomic mass is 10.1. The summed E-state index contributed by atoms with van der Waals surface area (Å²) in [5.41, 5.74) is -0.137. The highest BCUT2D eigenvalue weighted by Gasteiger charge is 2.46. The molecular formula is C20H17F2NO4S2. The van der Waals surface area contributed by atoms with Crippen LogP contribution >= 0.6 is 0 Å². The van der Waals surface area contributed by atoms with Crippen LogP contribution in [0.1, 0.15) is 11.6 Å². The van der Waals surface area contributed by atoms with E-state index in [1.165, 1.54) is 60.7 Å². The van der Waals surface area contributed by atoms with Crippen LogP contribution in [0.3, 0.4) is 0 Å². The van der Waals surface area contributed by atoms with E-state index in [-0.39, 0.29) is 9.27 Å². The number of halogens is 2. The first kappa shape index (κ1) is 21.1. The summed E-state index contributed by atoms with van der Waals surface area (Å²) in [5, 5.41) is 0. The molecular weight excluding hydrogens is 420 g/mol. The van der Waals surface area contributed by atoms with Crippen molar-refractivity contribution in [2.24, 2.45) is 0 Å². The maximum absolute atomic E-state index is 14.2. The third kappa shape index (κ3) is 4.21. The van der Waals surface area contributed by atoms with Gasteiger partial charge in [0, 0.05) is 0 Å². The fourth-order valence-electron chi connectivity index (χ4n) is 2.83. The van der Waals surface area contributed by atoms with Gasteiger partial charge < -0.3 is 0 Å². The van der Waals surface area contributed by atoms with Crippen molar-refractivity contribution in [1.29, 1.82) is 0 Å². The van der Waals surface area contributed by atoms with Crippen LogP contribution in [-0.4, -0.2) is 27.0 Å². The summed E-state index contributed by atoms with van der Waals surface area (Å²) < 4.78 is 81.4. The molecule has 1 unspecified atom stereocenters. The number of rotatable bonds is 7. The molecule has 152 valence electrons. The number of hydrogen-bond donors (Lipinski definition) is 0. The Balaban J connectivity index is 2.30. The molecule has 29 heavy (non-hydrogen) atoms. The SMILES string of the molecule is O=S(=O)(c1ccccc1)N(C(c1ccccc1)C(F)F)S(=O)(=O)c1ccccc1. The van der Waals surface area contributed by atoms with Crippen molar-refractivity contribution in [3.8, 4) is 0 Å². The van der Waals surface area contributed by atoms with Gasteiger partial charge in [-0.15, -0.1) is 0 Å². The zero-order valence-electron chi connectivity index (χ0n) is 15.0. The second kappa shape index (κ2) is 8.40. The number of hydrogen-bond acceptors (Lipinski definition) is 4. The Hall–Kier alpha value is -2.62. The van der Waals surface area contributed by atoms with Gasteiger partial charge in [-0.05, 0) is 29.8 Å². The maximum Gasteiger partial charge on any atom is 0.260 e. The molecule has 5 nitrogen and oxygen atoms in total. The number of benzene rings is 3.